The number of rotatable bonds is 6. The van der Waals surface area contributed by atoms with Crippen LogP contribution in [0.5, 0.6) is 0 Å². The predicted octanol–water partition coefficient (Wildman–Crippen LogP) is 6.56. The number of piperidine rings is 1. The molecule has 0 unspecified atom stereocenters. The number of carbonyl (C=O) groups excluding carboxylic acids is 1. The van der Waals surface area contributed by atoms with Gasteiger partial charge in [0, 0.05) is 41.4 Å². The van der Waals surface area contributed by atoms with Crippen LogP contribution in [0.25, 0.3) is 10.9 Å². The first kappa shape index (κ1) is 24.8. The molecule has 1 saturated heterocycles. The van der Waals surface area contributed by atoms with E-state index in [-0.39, 0.29) is 17.9 Å². The van der Waals surface area contributed by atoms with Crippen molar-refractivity contribution in [2.45, 2.75) is 64.8 Å². The van der Waals surface area contributed by atoms with Crippen molar-refractivity contribution >= 4 is 22.6 Å². The van der Waals surface area contributed by atoms with Crippen molar-refractivity contribution in [3.8, 4) is 0 Å². The average molecular weight is 491 g/mol. The van der Waals surface area contributed by atoms with Crippen molar-refractivity contribution in [2.75, 3.05) is 25.0 Å². The maximum absolute atomic E-state index is 13.3. The van der Waals surface area contributed by atoms with Crippen LogP contribution in [-0.2, 0) is 6.42 Å². The van der Waals surface area contributed by atoms with Crippen LogP contribution in [0.15, 0.2) is 42.5 Å². The molecule has 0 spiro atoms. The summed E-state index contributed by atoms with van der Waals surface area (Å²) in [6.07, 6.45) is 8.05. The average Bonchev–Trinajstić information content (AvgIpc) is 3.14. The van der Waals surface area contributed by atoms with Gasteiger partial charge >= 0.3 is 6.03 Å². The monoisotopic (exact) mass is 490 g/mol. The van der Waals surface area contributed by atoms with Gasteiger partial charge in [0.15, 0.2) is 0 Å². The Morgan fingerprint density at radius 1 is 1.06 bits per heavy atom. The molecular weight excluding hydrogens is 451 g/mol. The first-order chi connectivity index (χ1) is 17.4. The highest BCUT2D eigenvalue weighted by Gasteiger charge is 2.30. The van der Waals surface area contributed by atoms with Crippen molar-refractivity contribution in [3.05, 3.63) is 65.1 Å². The van der Waals surface area contributed by atoms with Gasteiger partial charge in [0.05, 0.1) is 0 Å². The van der Waals surface area contributed by atoms with Gasteiger partial charge in [-0.2, -0.15) is 0 Å². The van der Waals surface area contributed by atoms with Gasteiger partial charge in [-0.05, 0) is 99.7 Å². The number of aromatic nitrogens is 1. The van der Waals surface area contributed by atoms with Crippen LogP contribution >= 0.6 is 0 Å². The first-order valence-corrected chi connectivity index (χ1v) is 13.6. The second-order valence-electron chi connectivity index (χ2n) is 11.0. The summed E-state index contributed by atoms with van der Waals surface area (Å²) in [5.74, 6) is 0.918. The third-order valence-corrected chi connectivity index (χ3v) is 8.33. The van der Waals surface area contributed by atoms with E-state index >= 15 is 0 Å². The van der Waals surface area contributed by atoms with E-state index in [2.05, 4.69) is 40.4 Å². The standard InChI is InChI=1S/C30H39FN4O/c1-20-21(2)32-29-17-26(13-14-27(20)29)33-30(36)34-28-8-4-3-7-24(28)19-35-15-5-6-23(18-35)16-22-9-11-25(31)12-10-22/h9-14,17,23-24,28,32H,3-8,15-16,18-19H2,1-2H3,(H2,33,34,36)/t23-,24-,28+/m0/s1. The summed E-state index contributed by atoms with van der Waals surface area (Å²) in [5, 5.41) is 7.57. The second kappa shape index (κ2) is 11.0. The summed E-state index contributed by atoms with van der Waals surface area (Å²) in [4.78, 5) is 18.9. The summed E-state index contributed by atoms with van der Waals surface area (Å²) in [7, 11) is 0. The molecule has 2 heterocycles. The number of likely N-dealkylation sites (tertiary alicyclic amines) is 1. The van der Waals surface area contributed by atoms with Crippen molar-refractivity contribution in [1.29, 1.82) is 0 Å². The number of anilines is 1. The lowest BCUT2D eigenvalue weighted by molar-refractivity contribution is 0.123. The minimum absolute atomic E-state index is 0.112. The number of amides is 2. The van der Waals surface area contributed by atoms with Gasteiger partial charge in [-0.3, -0.25) is 0 Å². The van der Waals surface area contributed by atoms with Gasteiger partial charge in [-0.25, -0.2) is 9.18 Å². The number of urea groups is 1. The Kier molecular flexibility index (Phi) is 7.61. The van der Waals surface area contributed by atoms with Gasteiger partial charge in [0.2, 0.25) is 0 Å². The quantitative estimate of drug-likeness (QED) is 0.366. The molecule has 5 nitrogen and oxygen atoms in total. The first-order valence-electron chi connectivity index (χ1n) is 13.6. The largest absolute Gasteiger partial charge is 0.358 e. The van der Waals surface area contributed by atoms with Crippen molar-refractivity contribution in [1.82, 2.24) is 15.2 Å². The number of aryl methyl sites for hydroxylation is 2. The summed E-state index contributed by atoms with van der Waals surface area (Å²) >= 11 is 0. The topological polar surface area (TPSA) is 60.2 Å². The third-order valence-electron chi connectivity index (χ3n) is 8.33. The molecular formula is C30H39FN4O. The van der Waals surface area contributed by atoms with Crippen LogP contribution in [-0.4, -0.2) is 41.6 Å². The lowest BCUT2D eigenvalue weighted by Gasteiger charge is -2.39. The van der Waals surface area contributed by atoms with Gasteiger partial charge < -0.3 is 20.5 Å². The fraction of sp³-hybridized carbons (Fsp3) is 0.500. The lowest BCUT2D eigenvalue weighted by atomic mass is 9.83. The fourth-order valence-corrected chi connectivity index (χ4v) is 6.27. The fourth-order valence-electron chi connectivity index (χ4n) is 6.27. The van der Waals surface area contributed by atoms with E-state index < -0.39 is 0 Å². The molecule has 5 rings (SSSR count). The Balaban J connectivity index is 1.16. The summed E-state index contributed by atoms with van der Waals surface area (Å²) < 4.78 is 13.3. The second-order valence-corrected chi connectivity index (χ2v) is 11.0. The summed E-state index contributed by atoms with van der Waals surface area (Å²) in [6, 6.07) is 13.1. The number of nitrogens with one attached hydrogen (secondary N) is 3. The number of hydrogen-bond acceptors (Lipinski definition) is 2. The number of fused-ring (bicyclic) bond motifs is 1. The maximum atomic E-state index is 13.3. The highest BCUT2D eigenvalue weighted by molar-refractivity contribution is 5.94. The van der Waals surface area contributed by atoms with Crippen molar-refractivity contribution in [2.24, 2.45) is 11.8 Å². The molecule has 2 aromatic carbocycles. The minimum Gasteiger partial charge on any atom is -0.358 e. The van der Waals surface area contributed by atoms with Crippen LogP contribution in [0.3, 0.4) is 0 Å². The van der Waals surface area contributed by atoms with Crippen molar-refractivity contribution in [3.63, 3.8) is 0 Å². The van der Waals surface area contributed by atoms with Crippen LogP contribution in [0.4, 0.5) is 14.9 Å². The molecule has 1 aromatic heterocycles. The van der Waals surface area contributed by atoms with Crippen LogP contribution in [0.1, 0.15) is 55.3 Å². The number of halogens is 1. The zero-order valence-electron chi connectivity index (χ0n) is 21.6. The zero-order chi connectivity index (χ0) is 25.1. The predicted molar refractivity (Wildman–Crippen MR) is 145 cm³/mol. The van der Waals surface area contributed by atoms with E-state index in [4.69, 9.17) is 0 Å². The van der Waals surface area contributed by atoms with Crippen molar-refractivity contribution < 1.29 is 9.18 Å². The molecule has 1 aliphatic carbocycles. The molecule has 192 valence electrons. The number of aromatic amines is 1. The van der Waals surface area contributed by atoms with E-state index in [0.29, 0.717) is 11.8 Å². The Morgan fingerprint density at radius 2 is 1.86 bits per heavy atom. The molecule has 1 saturated carbocycles. The zero-order valence-corrected chi connectivity index (χ0v) is 21.6. The summed E-state index contributed by atoms with van der Waals surface area (Å²) in [5.41, 5.74) is 5.50. The number of nitrogens with zero attached hydrogens (tertiary/aromatic N) is 1. The van der Waals surface area contributed by atoms with E-state index in [9.17, 15) is 9.18 Å². The Hall–Kier alpha value is -2.86. The highest BCUT2D eigenvalue weighted by atomic mass is 19.1. The van der Waals surface area contributed by atoms with Gasteiger partial charge in [0.25, 0.3) is 0 Å². The molecule has 0 radical (unpaired) electrons. The van der Waals surface area contributed by atoms with E-state index in [1.54, 1.807) is 12.1 Å². The molecule has 6 heteroatoms. The molecule has 3 atom stereocenters. The molecule has 2 fully saturated rings. The van der Waals surface area contributed by atoms with Crippen LogP contribution in [0.2, 0.25) is 0 Å². The number of benzene rings is 2. The molecule has 1 aliphatic heterocycles. The molecule has 0 bridgehead atoms. The Bertz CT molecular complexity index is 1190. The van der Waals surface area contributed by atoms with Gasteiger partial charge in [0.1, 0.15) is 5.82 Å². The van der Waals surface area contributed by atoms with Crippen LogP contribution in [0, 0.1) is 31.5 Å². The molecule has 3 aromatic rings. The van der Waals surface area contributed by atoms with E-state index in [1.165, 1.54) is 42.2 Å². The van der Waals surface area contributed by atoms with E-state index in [1.807, 2.05) is 24.3 Å². The lowest BCUT2D eigenvalue weighted by Crippen LogP contribution is -2.49. The highest BCUT2D eigenvalue weighted by Crippen LogP contribution is 2.29. The van der Waals surface area contributed by atoms with E-state index in [0.717, 1.165) is 55.8 Å². The van der Waals surface area contributed by atoms with Gasteiger partial charge in [-0.1, -0.05) is 31.0 Å². The Morgan fingerprint density at radius 3 is 2.69 bits per heavy atom. The minimum atomic E-state index is -0.168. The molecule has 3 N–H and O–H groups in total. The number of carbonyl (C=O) groups is 1. The Labute approximate surface area is 213 Å². The maximum Gasteiger partial charge on any atom is 0.319 e. The molecule has 2 amide bonds. The number of H-pyrrole nitrogens is 1. The number of hydrogen-bond donors (Lipinski definition) is 3. The third kappa shape index (κ3) is 5.92. The molecule has 2 aliphatic rings. The van der Waals surface area contributed by atoms with Crippen LogP contribution < -0.4 is 10.6 Å². The van der Waals surface area contributed by atoms with Gasteiger partial charge in [-0.15, -0.1) is 0 Å². The SMILES string of the molecule is Cc1[nH]c2cc(NC(=O)N[C@@H]3CCCC[C@H]3CN3CCC[C@@H](Cc4ccc(F)cc4)C3)ccc2c1C. The molecule has 36 heavy (non-hydrogen) atoms. The normalized spacial score (nSPS) is 23.0. The smallest absolute Gasteiger partial charge is 0.319 e. The summed E-state index contributed by atoms with van der Waals surface area (Å²) in [6.45, 7) is 7.44.